The highest BCUT2D eigenvalue weighted by Crippen LogP contribution is 2.27. The Morgan fingerprint density at radius 3 is 2.64 bits per heavy atom. The number of rotatable bonds is 4. The van der Waals surface area contributed by atoms with E-state index in [2.05, 4.69) is 10.4 Å². The summed E-state index contributed by atoms with van der Waals surface area (Å²) in [5.74, 6) is -0.146. The third kappa shape index (κ3) is 3.05. The summed E-state index contributed by atoms with van der Waals surface area (Å²) in [7, 11) is 0. The second kappa shape index (κ2) is 6.73. The fraction of sp³-hybridized carbons (Fsp3) is 0.200. The van der Waals surface area contributed by atoms with E-state index >= 15 is 0 Å². The number of nitrogens with zero attached hydrogens (tertiary/aromatic N) is 2. The van der Waals surface area contributed by atoms with Crippen LogP contribution in [0.2, 0.25) is 5.02 Å². The highest BCUT2D eigenvalue weighted by atomic mass is 35.5. The molecule has 1 aliphatic carbocycles. The summed E-state index contributed by atoms with van der Waals surface area (Å²) in [5, 5.41) is 8.22. The minimum Gasteiger partial charge on any atom is -0.346 e. The van der Waals surface area contributed by atoms with Gasteiger partial charge in [0.15, 0.2) is 5.69 Å². The maximum atomic E-state index is 12.7. The normalized spacial score (nSPS) is 12.8. The molecule has 2 aromatic carbocycles. The summed E-state index contributed by atoms with van der Waals surface area (Å²) in [5.41, 5.74) is 4.64. The van der Waals surface area contributed by atoms with Crippen molar-refractivity contribution in [2.45, 2.75) is 25.8 Å². The Labute approximate surface area is 151 Å². The van der Waals surface area contributed by atoms with E-state index in [0.29, 0.717) is 17.3 Å². The standard InChI is InChI=1S/C20H18ClN3O/c21-17-11-5-4-7-14(17)13-22-20(25)19-16-10-6-12-18(16)24(23-19)15-8-2-1-3-9-15/h1-5,7-9,11H,6,10,12-13H2,(H,22,25). The molecule has 0 atom stereocenters. The summed E-state index contributed by atoms with van der Waals surface area (Å²) >= 11 is 6.16. The number of carbonyl (C=O) groups excluding carboxylic acids is 1. The van der Waals surface area contributed by atoms with Crippen LogP contribution in [0.1, 0.15) is 33.7 Å². The number of amides is 1. The number of fused-ring (bicyclic) bond motifs is 1. The van der Waals surface area contributed by atoms with Gasteiger partial charge in [0.25, 0.3) is 5.91 Å². The predicted octanol–water partition coefficient (Wildman–Crippen LogP) is 3.94. The molecule has 126 valence electrons. The average Bonchev–Trinajstić information content (AvgIpc) is 3.24. The number of hydrogen-bond acceptors (Lipinski definition) is 2. The lowest BCUT2D eigenvalue weighted by molar-refractivity contribution is 0.0944. The Balaban J connectivity index is 1.60. The second-order valence-electron chi connectivity index (χ2n) is 6.15. The van der Waals surface area contributed by atoms with Gasteiger partial charge in [-0.15, -0.1) is 0 Å². The van der Waals surface area contributed by atoms with Crippen LogP contribution in [-0.2, 0) is 19.4 Å². The van der Waals surface area contributed by atoms with Crippen LogP contribution in [-0.4, -0.2) is 15.7 Å². The minimum absolute atomic E-state index is 0.146. The molecule has 4 rings (SSSR count). The molecule has 0 bridgehead atoms. The number of halogens is 1. The molecule has 0 fully saturated rings. The Morgan fingerprint density at radius 1 is 1.08 bits per heavy atom. The smallest absolute Gasteiger partial charge is 0.272 e. The highest BCUT2D eigenvalue weighted by molar-refractivity contribution is 6.31. The molecule has 3 aromatic rings. The van der Waals surface area contributed by atoms with E-state index in [4.69, 9.17) is 11.6 Å². The predicted molar refractivity (Wildman–Crippen MR) is 98.2 cm³/mol. The Hall–Kier alpha value is -2.59. The molecule has 1 N–H and O–H groups in total. The third-order valence-corrected chi connectivity index (χ3v) is 4.91. The summed E-state index contributed by atoms with van der Waals surface area (Å²) in [6.07, 6.45) is 2.91. The van der Waals surface area contributed by atoms with Crippen molar-refractivity contribution in [1.82, 2.24) is 15.1 Å². The van der Waals surface area contributed by atoms with Crippen LogP contribution in [0.25, 0.3) is 5.69 Å². The Bertz CT molecular complexity index is 918. The van der Waals surface area contributed by atoms with Gasteiger partial charge in [0, 0.05) is 22.8 Å². The number of benzene rings is 2. The molecule has 1 amide bonds. The van der Waals surface area contributed by atoms with Gasteiger partial charge in [0.1, 0.15) is 0 Å². The number of para-hydroxylation sites is 1. The first-order valence-corrected chi connectivity index (χ1v) is 8.79. The number of hydrogen-bond donors (Lipinski definition) is 1. The number of nitrogens with one attached hydrogen (secondary N) is 1. The van der Waals surface area contributed by atoms with Crippen LogP contribution in [0.15, 0.2) is 54.6 Å². The van der Waals surface area contributed by atoms with Crippen LogP contribution in [0.3, 0.4) is 0 Å². The lowest BCUT2D eigenvalue weighted by Crippen LogP contribution is -2.24. The van der Waals surface area contributed by atoms with Gasteiger partial charge in [-0.2, -0.15) is 5.10 Å². The van der Waals surface area contributed by atoms with E-state index in [0.717, 1.165) is 41.8 Å². The largest absolute Gasteiger partial charge is 0.346 e. The van der Waals surface area contributed by atoms with Gasteiger partial charge in [-0.3, -0.25) is 4.79 Å². The molecule has 5 heteroatoms. The number of aromatic nitrogens is 2. The Kier molecular flexibility index (Phi) is 4.28. The molecule has 0 unspecified atom stereocenters. The monoisotopic (exact) mass is 351 g/mol. The fourth-order valence-electron chi connectivity index (χ4n) is 3.30. The van der Waals surface area contributed by atoms with Gasteiger partial charge in [-0.1, -0.05) is 48.0 Å². The van der Waals surface area contributed by atoms with Crippen molar-refractivity contribution in [2.24, 2.45) is 0 Å². The van der Waals surface area contributed by atoms with E-state index in [1.54, 1.807) is 0 Å². The van der Waals surface area contributed by atoms with Crippen LogP contribution >= 0.6 is 11.6 Å². The van der Waals surface area contributed by atoms with Gasteiger partial charge in [-0.25, -0.2) is 4.68 Å². The summed E-state index contributed by atoms with van der Waals surface area (Å²) < 4.78 is 1.91. The molecular weight excluding hydrogens is 334 g/mol. The first-order valence-electron chi connectivity index (χ1n) is 8.42. The molecule has 0 spiro atoms. The zero-order valence-electron chi connectivity index (χ0n) is 13.7. The van der Waals surface area contributed by atoms with E-state index in [1.807, 2.05) is 59.3 Å². The van der Waals surface area contributed by atoms with Crippen molar-refractivity contribution < 1.29 is 4.79 Å². The Morgan fingerprint density at radius 2 is 1.84 bits per heavy atom. The molecule has 25 heavy (non-hydrogen) atoms. The van der Waals surface area contributed by atoms with E-state index < -0.39 is 0 Å². The van der Waals surface area contributed by atoms with Gasteiger partial charge in [0.05, 0.1) is 5.69 Å². The highest BCUT2D eigenvalue weighted by Gasteiger charge is 2.26. The van der Waals surface area contributed by atoms with Crippen molar-refractivity contribution in [3.05, 3.63) is 82.1 Å². The zero-order valence-corrected chi connectivity index (χ0v) is 14.5. The van der Waals surface area contributed by atoms with Gasteiger partial charge < -0.3 is 5.32 Å². The lowest BCUT2D eigenvalue weighted by Gasteiger charge is -2.06. The summed E-state index contributed by atoms with van der Waals surface area (Å²) in [6, 6.07) is 17.5. The zero-order chi connectivity index (χ0) is 17.2. The molecule has 0 saturated heterocycles. The first-order chi connectivity index (χ1) is 12.2. The van der Waals surface area contributed by atoms with Crippen LogP contribution in [0.5, 0.6) is 0 Å². The molecule has 4 nitrogen and oxygen atoms in total. The SMILES string of the molecule is O=C(NCc1ccccc1Cl)c1nn(-c2ccccc2)c2c1CCC2. The van der Waals surface area contributed by atoms with Crippen molar-refractivity contribution in [2.75, 3.05) is 0 Å². The molecule has 0 radical (unpaired) electrons. The first kappa shape index (κ1) is 15.9. The molecule has 0 saturated carbocycles. The van der Waals surface area contributed by atoms with Crippen LogP contribution in [0.4, 0.5) is 0 Å². The maximum Gasteiger partial charge on any atom is 0.272 e. The van der Waals surface area contributed by atoms with Crippen molar-refractivity contribution >= 4 is 17.5 Å². The van der Waals surface area contributed by atoms with E-state index in [1.165, 1.54) is 0 Å². The van der Waals surface area contributed by atoms with Gasteiger partial charge in [0.2, 0.25) is 0 Å². The van der Waals surface area contributed by atoms with Gasteiger partial charge >= 0.3 is 0 Å². The number of carbonyl (C=O) groups is 1. The van der Waals surface area contributed by atoms with Crippen LogP contribution < -0.4 is 5.32 Å². The van der Waals surface area contributed by atoms with E-state index in [-0.39, 0.29) is 5.91 Å². The summed E-state index contributed by atoms with van der Waals surface area (Å²) in [6.45, 7) is 0.394. The average molecular weight is 352 g/mol. The molecule has 1 aromatic heterocycles. The molecular formula is C20H18ClN3O. The minimum atomic E-state index is -0.146. The van der Waals surface area contributed by atoms with Crippen molar-refractivity contribution in [3.8, 4) is 5.69 Å². The molecule has 1 heterocycles. The second-order valence-corrected chi connectivity index (χ2v) is 6.56. The lowest BCUT2D eigenvalue weighted by atomic mass is 10.2. The van der Waals surface area contributed by atoms with Crippen molar-refractivity contribution in [3.63, 3.8) is 0 Å². The fourth-order valence-corrected chi connectivity index (χ4v) is 3.51. The van der Waals surface area contributed by atoms with E-state index in [9.17, 15) is 4.79 Å². The van der Waals surface area contributed by atoms with Gasteiger partial charge in [-0.05, 0) is 43.0 Å². The maximum absolute atomic E-state index is 12.7. The molecule has 1 aliphatic rings. The quantitative estimate of drug-likeness (QED) is 0.773. The van der Waals surface area contributed by atoms with Crippen molar-refractivity contribution in [1.29, 1.82) is 0 Å². The molecule has 0 aliphatic heterocycles. The summed E-state index contributed by atoms with van der Waals surface area (Å²) in [4.78, 5) is 12.7. The third-order valence-electron chi connectivity index (χ3n) is 4.54. The van der Waals surface area contributed by atoms with Crippen LogP contribution in [0, 0.1) is 0 Å². The topological polar surface area (TPSA) is 46.9 Å².